The molecule has 13 heteroatoms. The quantitative estimate of drug-likeness (QED) is 0.697. The molecule has 2 heterocycles. The highest BCUT2D eigenvalue weighted by molar-refractivity contribution is 5.90. The fraction of sp³-hybridized carbons (Fsp3) is 0.583. The summed E-state index contributed by atoms with van der Waals surface area (Å²) in [5.74, 6) is -1.77. The summed E-state index contributed by atoms with van der Waals surface area (Å²) >= 11 is 0. The molecule has 0 spiro atoms. The number of nitrogens with one attached hydrogen (secondary N) is 2. The Bertz CT molecular complexity index is 754. The first-order valence-corrected chi connectivity index (χ1v) is 7.24. The van der Waals surface area contributed by atoms with Crippen molar-refractivity contribution in [1.82, 2.24) is 35.3 Å². The number of aryl methyl sites for hydroxylation is 1. The number of aromatic amines is 1. The molecule has 2 aromatic rings. The van der Waals surface area contributed by atoms with Crippen LogP contribution in [0, 0.1) is 12.8 Å². The maximum atomic E-state index is 12.6. The number of carbonyl (C=O) groups excluding carboxylic acids is 1. The van der Waals surface area contributed by atoms with Gasteiger partial charge < -0.3 is 11.1 Å². The van der Waals surface area contributed by atoms with Gasteiger partial charge in [0.25, 0.3) is 11.9 Å². The number of nitrogens with zero attached hydrogens (tertiary/aromatic N) is 5. The average Bonchev–Trinajstić information content (AvgIpc) is 3.08. The standard InChI is InChI=1S/C12H15F3N8O.ClH/c1-5-17-8(9(24)18-7(4-16)6-2-3-6)22-23(5)11-19-10(20-21-11)12(13,14)15;/h6-7H,2-4,16H2,1H3,(H,18,24)(H,19,20,21);1H. The SMILES string of the molecule is Cc1nc(C(=O)NC(CN)C2CC2)nn1-c1n[nH]c(C(F)(F)F)n1.Cl. The summed E-state index contributed by atoms with van der Waals surface area (Å²) in [6.45, 7) is 1.78. The molecule has 3 rings (SSSR count). The molecule has 1 atom stereocenters. The minimum atomic E-state index is -4.65. The molecule has 1 fully saturated rings. The number of rotatable bonds is 5. The zero-order valence-corrected chi connectivity index (χ0v) is 13.9. The molecular formula is C12H16ClF3N8O. The topological polar surface area (TPSA) is 127 Å². The van der Waals surface area contributed by atoms with Crippen molar-refractivity contribution >= 4 is 18.3 Å². The van der Waals surface area contributed by atoms with Gasteiger partial charge in [-0.2, -0.15) is 22.8 Å². The molecule has 1 aliphatic carbocycles. The molecule has 0 bridgehead atoms. The minimum Gasteiger partial charge on any atom is -0.345 e. The highest BCUT2D eigenvalue weighted by Gasteiger charge is 2.36. The Labute approximate surface area is 146 Å². The van der Waals surface area contributed by atoms with Gasteiger partial charge in [-0.05, 0) is 25.7 Å². The Morgan fingerprint density at radius 2 is 2.12 bits per heavy atom. The molecule has 138 valence electrons. The molecular weight excluding hydrogens is 365 g/mol. The van der Waals surface area contributed by atoms with Gasteiger partial charge in [-0.15, -0.1) is 22.6 Å². The molecule has 1 unspecified atom stereocenters. The molecule has 2 aromatic heterocycles. The molecule has 1 amide bonds. The van der Waals surface area contributed by atoms with E-state index in [1.165, 1.54) is 6.92 Å². The van der Waals surface area contributed by atoms with Gasteiger partial charge in [0.2, 0.25) is 11.6 Å². The van der Waals surface area contributed by atoms with Crippen LogP contribution >= 0.6 is 12.4 Å². The maximum absolute atomic E-state index is 12.6. The third-order valence-corrected chi connectivity index (χ3v) is 3.67. The van der Waals surface area contributed by atoms with Crippen LogP contribution in [-0.4, -0.2) is 48.4 Å². The predicted octanol–water partition coefficient (Wildman–Crippen LogP) is 0.602. The summed E-state index contributed by atoms with van der Waals surface area (Å²) in [6.07, 6.45) is -2.65. The summed E-state index contributed by atoms with van der Waals surface area (Å²) in [5.41, 5.74) is 5.62. The van der Waals surface area contributed by atoms with Crippen molar-refractivity contribution in [2.45, 2.75) is 32.0 Å². The van der Waals surface area contributed by atoms with Crippen LogP contribution in [0.5, 0.6) is 0 Å². The number of hydrogen-bond acceptors (Lipinski definition) is 6. The van der Waals surface area contributed by atoms with Crippen molar-refractivity contribution in [2.24, 2.45) is 11.7 Å². The van der Waals surface area contributed by atoms with Crippen molar-refractivity contribution in [1.29, 1.82) is 0 Å². The molecule has 9 nitrogen and oxygen atoms in total. The largest absolute Gasteiger partial charge is 0.451 e. The maximum Gasteiger partial charge on any atom is 0.451 e. The molecule has 0 saturated heterocycles. The second-order valence-corrected chi connectivity index (χ2v) is 5.53. The van der Waals surface area contributed by atoms with Gasteiger partial charge in [0.1, 0.15) is 5.82 Å². The lowest BCUT2D eigenvalue weighted by molar-refractivity contribution is -0.144. The van der Waals surface area contributed by atoms with Gasteiger partial charge in [0.15, 0.2) is 0 Å². The second-order valence-electron chi connectivity index (χ2n) is 5.53. The molecule has 4 N–H and O–H groups in total. The van der Waals surface area contributed by atoms with E-state index in [9.17, 15) is 18.0 Å². The van der Waals surface area contributed by atoms with Gasteiger partial charge in [0.05, 0.1) is 0 Å². The van der Waals surface area contributed by atoms with E-state index in [1.807, 2.05) is 0 Å². The van der Waals surface area contributed by atoms with Crippen LogP contribution in [-0.2, 0) is 6.18 Å². The Morgan fingerprint density at radius 1 is 1.44 bits per heavy atom. The Kier molecular flexibility index (Phi) is 5.32. The van der Waals surface area contributed by atoms with E-state index in [4.69, 9.17) is 5.73 Å². The monoisotopic (exact) mass is 380 g/mol. The summed E-state index contributed by atoms with van der Waals surface area (Å²) in [4.78, 5) is 19.4. The van der Waals surface area contributed by atoms with Crippen molar-refractivity contribution in [2.75, 3.05) is 6.54 Å². The number of carbonyl (C=O) groups is 1. The number of aromatic nitrogens is 6. The summed E-state index contributed by atoms with van der Waals surface area (Å²) < 4.78 is 38.6. The zero-order valence-electron chi connectivity index (χ0n) is 13.0. The van der Waals surface area contributed by atoms with Gasteiger partial charge in [-0.25, -0.2) is 4.98 Å². The summed E-state index contributed by atoms with van der Waals surface area (Å²) in [7, 11) is 0. The third kappa shape index (κ3) is 4.07. The van der Waals surface area contributed by atoms with Crippen molar-refractivity contribution in [3.8, 4) is 5.95 Å². The molecule has 1 saturated carbocycles. The lowest BCUT2D eigenvalue weighted by atomic mass is 10.2. The van der Waals surface area contributed by atoms with Crippen LogP contribution in [0.3, 0.4) is 0 Å². The molecule has 1 aliphatic rings. The fourth-order valence-corrected chi connectivity index (χ4v) is 2.25. The summed E-state index contributed by atoms with van der Waals surface area (Å²) in [5, 5.41) is 11.9. The van der Waals surface area contributed by atoms with E-state index in [-0.39, 0.29) is 36.0 Å². The second kappa shape index (κ2) is 6.96. The smallest absolute Gasteiger partial charge is 0.345 e. The number of amides is 1. The average molecular weight is 381 g/mol. The lowest BCUT2D eigenvalue weighted by Gasteiger charge is -2.14. The molecule has 0 radical (unpaired) electrons. The molecule has 25 heavy (non-hydrogen) atoms. The van der Waals surface area contributed by atoms with Gasteiger partial charge >= 0.3 is 6.18 Å². The van der Waals surface area contributed by atoms with E-state index in [0.29, 0.717) is 12.5 Å². The lowest BCUT2D eigenvalue weighted by Crippen LogP contribution is -2.42. The first-order valence-electron chi connectivity index (χ1n) is 7.24. The third-order valence-electron chi connectivity index (χ3n) is 3.67. The Hall–Kier alpha value is -2.21. The molecule has 0 aromatic carbocycles. The van der Waals surface area contributed by atoms with Crippen LogP contribution in [0.4, 0.5) is 13.2 Å². The Morgan fingerprint density at radius 3 is 2.64 bits per heavy atom. The van der Waals surface area contributed by atoms with Crippen molar-refractivity contribution in [3.63, 3.8) is 0 Å². The van der Waals surface area contributed by atoms with E-state index in [0.717, 1.165) is 17.5 Å². The fourth-order valence-electron chi connectivity index (χ4n) is 2.25. The normalized spacial score (nSPS) is 15.6. The number of halogens is 4. The minimum absolute atomic E-state index is 0. The van der Waals surface area contributed by atoms with Crippen LogP contribution in [0.1, 0.15) is 35.1 Å². The zero-order chi connectivity index (χ0) is 17.5. The van der Waals surface area contributed by atoms with Gasteiger partial charge in [-0.3, -0.25) is 9.89 Å². The van der Waals surface area contributed by atoms with Crippen LogP contribution in [0.2, 0.25) is 0 Å². The van der Waals surface area contributed by atoms with Crippen LogP contribution < -0.4 is 11.1 Å². The van der Waals surface area contributed by atoms with E-state index >= 15 is 0 Å². The van der Waals surface area contributed by atoms with E-state index in [1.54, 1.807) is 5.10 Å². The van der Waals surface area contributed by atoms with E-state index < -0.39 is 17.9 Å². The summed E-state index contributed by atoms with van der Waals surface area (Å²) in [6, 6.07) is -0.162. The van der Waals surface area contributed by atoms with Gasteiger partial charge in [-0.1, -0.05) is 0 Å². The van der Waals surface area contributed by atoms with Gasteiger partial charge in [0, 0.05) is 12.6 Å². The first-order chi connectivity index (χ1) is 11.3. The highest BCUT2D eigenvalue weighted by Crippen LogP contribution is 2.32. The van der Waals surface area contributed by atoms with Crippen molar-refractivity contribution in [3.05, 3.63) is 17.5 Å². The number of alkyl halides is 3. The Balaban J connectivity index is 0.00000225. The van der Waals surface area contributed by atoms with Crippen molar-refractivity contribution < 1.29 is 18.0 Å². The molecule has 0 aliphatic heterocycles. The van der Waals surface area contributed by atoms with E-state index in [2.05, 4.69) is 25.5 Å². The first kappa shape index (κ1) is 19.1. The van der Waals surface area contributed by atoms with Crippen LogP contribution in [0.15, 0.2) is 0 Å². The number of H-pyrrole nitrogens is 1. The predicted molar refractivity (Wildman–Crippen MR) is 81.3 cm³/mol. The highest BCUT2D eigenvalue weighted by atomic mass is 35.5. The number of hydrogen-bond donors (Lipinski definition) is 3. The number of nitrogens with two attached hydrogens (primary N) is 1. The van der Waals surface area contributed by atoms with Crippen LogP contribution in [0.25, 0.3) is 5.95 Å².